The Bertz CT molecular complexity index is 372. The van der Waals surface area contributed by atoms with Gasteiger partial charge in [-0.25, -0.2) is 4.68 Å². The lowest BCUT2D eigenvalue weighted by atomic mass is 10.0. The molecule has 3 N–H and O–H groups in total. The van der Waals surface area contributed by atoms with Crippen LogP contribution in [0.1, 0.15) is 19.8 Å². The summed E-state index contributed by atoms with van der Waals surface area (Å²) in [6, 6.07) is 1.68. The number of ether oxygens (including phenoxy) is 1. The fourth-order valence-electron chi connectivity index (χ4n) is 1.55. The third-order valence-electron chi connectivity index (χ3n) is 2.70. The number of anilines is 1. The minimum atomic E-state index is -0.0666. The van der Waals surface area contributed by atoms with E-state index in [1.807, 2.05) is 6.92 Å². The van der Waals surface area contributed by atoms with Gasteiger partial charge < -0.3 is 15.8 Å². The first-order chi connectivity index (χ1) is 8.10. The third kappa shape index (κ3) is 3.74. The Morgan fingerprint density at radius 1 is 1.71 bits per heavy atom. The molecule has 0 aliphatic heterocycles. The van der Waals surface area contributed by atoms with Crippen molar-refractivity contribution in [3.63, 3.8) is 0 Å². The second-order valence-electron chi connectivity index (χ2n) is 3.96. The molecule has 0 aliphatic carbocycles. The van der Waals surface area contributed by atoms with Crippen molar-refractivity contribution in [2.24, 2.45) is 18.7 Å². The van der Waals surface area contributed by atoms with E-state index in [0.29, 0.717) is 24.7 Å². The molecule has 6 nitrogen and oxygen atoms in total. The zero-order valence-corrected chi connectivity index (χ0v) is 10.6. The molecule has 0 spiro atoms. The number of nitrogens with one attached hydrogen (secondary N) is 1. The Morgan fingerprint density at radius 2 is 2.41 bits per heavy atom. The molecular weight excluding hydrogens is 220 g/mol. The fraction of sp³-hybridized carbons (Fsp3) is 0.636. The van der Waals surface area contributed by atoms with Crippen LogP contribution in [0, 0.1) is 5.92 Å². The number of aryl methyl sites for hydroxylation is 1. The Morgan fingerprint density at radius 3 is 2.88 bits per heavy atom. The predicted octanol–water partition coefficient (Wildman–Crippen LogP) is 0.742. The number of amides is 1. The molecule has 1 amide bonds. The van der Waals surface area contributed by atoms with Gasteiger partial charge >= 0.3 is 0 Å². The summed E-state index contributed by atoms with van der Waals surface area (Å²) in [6.07, 6.45) is 1.32. The normalized spacial score (nSPS) is 12.2. The summed E-state index contributed by atoms with van der Waals surface area (Å²) in [6.45, 7) is 2.55. The number of hydrogen-bond acceptors (Lipinski definition) is 4. The zero-order valence-electron chi connectivity index (χ0n) is 10.6. The highest BCUT2D eigenvalue weighted by Gasteiger charge is 2.13. The monoisotopic (exact) mass is 240 g/mol. The van der Waals surface area contributed by atoms with Crippen LogP contribution < -0.4 is 15.8 Å². The molecule has 1 unspecified atom stereocenters. The van der Waals surface area contributed by atoms with Gasteiger partial charge in [0.2, 0.25) is 11.8 Å². The largest absolute Gasteiger partial charge is 0.481 e. The Labute approximate surface area is 101 Å². The van der Waals surface area contributed by atoms with Crippen molar-refractivity contribution >= 4 is 11.7 Å². The van der Waals surface area contributed by atoms with Crippen molar-refractivity contribution in [2.45, 2.75) is 19.8 Å². The molecule has 1 rings (SSSR count). The first-order valence-electron chi connectivity index (χ1n) is 5.68. The Hall–Kier alpha value is -1.56. The van der Waals surface area contributed by atoms with Gasteiger partial charge in [-0.2, -0.15) is 5.10 Å². The van der Waals surface area contributed by atoms with E-state index < -0.39 is 0 Å². The average Bonchev–Trinajstić information content (AvgIpc) is 2.66. The third-order valence-corrected chi connectivity index (χ3v) is 2.70. The number of carbonyl (C=O) groups is 1. The molecule has 0 bridgehead atoms. The molecule has 0 saturated heterocycles. The summed E-state index contributed by atoms with van der Waals surface area (Å²) >= 11 is 0. The first kappa shape index (κ1) is 13.5. The van der Waals surface area contributed by atoms with Crippen LogP contribution in [0.2, 0.25) is 0 Å². The van der Waals surface area contributed by atoms with Gasteiger partial charge in [-0.1, -0.05) is 13.3 Å². The van der Waals surface area contributed by atoms with E-state index in [4.69, 9.17) is 10.5 Å². The molecule has 0 aromatic carbocycles. The van der Waals surface area contributed by atoms with Crippen molar-refractivity contribution < 1.29 is 9.53 Å². The topological polar surface area (TPSA) is 82.2 Å². The van der Waals surface area contributed by atoms with Gasteiger partial charge in [0.05, 0.1) is 7.11 Å². The van der Waals surface area contributed by atoms with Crippen molar-refractivity contribution in [3.8, 4) is 5.88 Å². The zero-order chi connectivity index (χ0) is 12.8. The Kier molecular flexibility index (Phi) is 4.96. The number of aromatic nitrogens is 2. The summed E-state index contributed by atoms with van der Waals surface area (Å²) in [5.74, 6) is 1.26. The van der Waals surface area contributed by atoms with Crippen LogP contribution in [0.3, 0.4) is 0 Å². The molecule has 1 aromatic rings. The summed E-state index contributed by atoms with van der Waals surface area (Å²) < 4.78 is 6.63. The molecule has 96 valence electrons. The van der Waals surface area contributed by atoms with Crippen molar-refractivity contribution in [2.75, 3.05) is 19.0 Å². The van der Waals surface area contributed by atoms with E-state index in [1.165, 1.54) is 0 Å². The lowest BCUT2D eigenvalue weighted by Gasteiger charge is -2.10. The minimum Gasteiger partial charge on any atom is -0.481 e. The van der Waals surface area contributed by atoms with Crippen LogP contribution in [0.25, 0.3) is 0 Å². The maximum atomic E-state index is 11.7. The summed E-state index contributed by atoms with van der Waals surface area (Å²) in [7, 11) is 3.31. The van der Waals surface area contributed by atoms with Crippen molar-refractivity contribution in [1.29, 1.82) is 0 Å². The van der Waals surface area contributed by atoms with Crippen LogP contribution in [0.5, 0.6) is 5.88 Å². The number of nitrogens with zero attached hydrogens (tertiary/aromatic N) is 2. The van der Waals surface area contributed by atoms with E-state index in [2.05, 4.69) is 10.4 Å². The maximum Gasteiger partial charge on any atom is 0.225 e. The SMILES string of the molecule is CCC(CN)CC(=O)Nc1cc(OC)n(C)n1. The first-order valence-corrected chi connectivity index (χ1v) is 5.68. The van der Waals surface area contributed by atoms with Gasteiger partial charge in [0.1, 0.15) is 0 Å². The molecule has 1 aromatic heterocycles. The number of hydrogen-bond donors (Lipinski definition) is 2. The number of carbonyl (C=O) groups excluding carboxylic acids is 1. The van der Waals surface area contributed by atoms with E-state index in [-0.39, 0.29) is 11.8 Å². The van der Waals surface area contributed by atoms with Crippen LogP contribution in [0.15, 0.2) is 6.07 Å². The maximum absolute atomic E-state index is 11.7. The predicted molar refractivity (Wildman–Crippen MR) is 65.8 cm³/mol. The second kappa shape index (κ2) is 6.24. The van der Waals surface area contributed by atoms with Crippen molar-refractivity contribution in [3.05, 3.63) is 6.07 Å². The highest BCUT2D eigenvalue weighted by atomic mass is 16.5. The molecule has 0 aliphatic rings. The highest BCUT2D eigenvalue weighted by molar-refractivity contribution is 5.90. The molecule has 0 saturated carbocycles. The molecule has 1 heterocycles. The number of methoxy groups -OCH3 is 1. The van der Waals surface area contributed by atoms with Gasteiger partial charge in [-0.15, -0.1) is 0 Å². The molecular formula is C11H20N4O2. The molecule has 17 heavy (non-hydrogen) atoms. The standard InChI is InChI=1S/C11H20N4O2/c1-4-8(7-12)5-10(16)13-9-6-11(17-3)15(2)14-9/h6,8H,4-5,7,12H2,1-3H3,(H,13,14,16). The van der Waals surface area contributed by atoms with Crippen LogP contribution in [-0.2, 0) is 11.8 Å². The van der Waals surface area contributed by atoms with Crippen LogP contribution in [-0.4, -0.2) is 29.3 Å². The average molecular weight is 240 g/mol. The quantitative estimate of drug-likeness (QED) is 0.768. The molecule has 6 heteroatoms. The van der Waals surface area contributed by atoms with Gasteiger partial charge in [-0.05, 0) is 12.5 Å². The van der Waals surface area contributed by atoms with Gasteiger partial charge in [0.25, 0.3) is 0 Å². The lowest BCUT2D eigenvalue weighted by molar-refractivity contribution is -0.117. The lowest BCUT2D eigenvalue weighted by Crippen LogP contribution is -2.21. The molecule has 0 radical (unpaired) electrons. The van der Waals surface area contributed by atoms with E-state index in [0.717, 1.165) is 6.42 Å². The summed E-state index contributed by atoms with van der Waals surface area (Å²) in [5, 5.41) is 6.84. The number of nitrogens with two attached hydrogens (primary N) is 1. The summed E-state index contributed by atoms with van der Waals surface area (Å²) in [4.78, 5) is 11.7. The van der Waals surface area contributed by atoms with E-state index in [1.54, 1.807) is 24.9 Å². The molecule has 0 fully saturated rings. The van der Waals surface area contributed by atoms with Crippen molar-refractivity contribution in [1.82, 2.24) is 9.78 Å². The minimum absolute atomic E-state index is 0.0666. The fourth-order valence-corrected chi connectivity index (χ4v) is 1.55. The van der Waals surface area contributed by atoms with Crippen LogP contribution in [0.4, 0.5) is 5.82 Å². The van der Waals surface area contributed by atoms with E-state index in [9.17, 15) is 4.79 Å². The molecule has 1 atom stereocenters. The summed E-state index contributed by atoms with van der Waals surface area (Å²) in [5.41, 5.74) is 5.55. The number of rotatable bonds is 6. The Balaban J connectivity index is 2.55. The van der Waals surface area contributed by atoms with Gasteiger partial charge in [-0.3, -0.25) is 4.79 Å². The highest BCUT2D eigenvalue weighted by Crippen LogP contribution is 2.16. The van der Waals surface area contributed by atoms with E-state index >= 15 is 0 Å². The van der Waals surface area contributed by atoms with Crippen LogP contribution >= 0.6 is 0 Å². The smallest absolute Gasteiger partial charge is 0.225 e. The van der Waals surface area contributed by atoms with Gasteiger partial charge in [0.15, 0.2) is 5.82 Å². The second-order valence-corrected chi connectivity index (χ2v) is 3.96. The van der Waals surface area contributed by atoms with Gasteiger partial charge in [0, 0.05) is 19.5 Å².